The van der Waals surface area contributed by atoms with Crippen molar-refractivity contribution >= 4 is 23.4 Å². The average Bonchev–Trinajstić information content (AvgIpc) is 2.40. The number of aromatic nitrogens is 1. The van der Waals surface area contributed by atoms with Crippen LogP contribution < -0.4 is 5.73 Å². The predicted molar refractivity (Wildman–Crippen MR) is 78.0 cm³/mol. The van der Waals surface area contributed by atoms with Gasteiger partial charge in [-0.05, 0) is 42.3 Å². The second-order valence-corrected chi connectivity index (χ2v) is 5.39. The normalized spacial score (nSPS) is 10.6. The number of nitrogens with zero attached hydrogens (tertiary/aromatic N) is 1. The summed E-state index contributed by atoms with van der Waals surface area (Å²) in [6.07, 6.45) is 2.78. The van der Waals surface area contributed by atoms with Gasteiger partial charge in [0.25, 0.3) is 0 Å². The van der Waals surface area contributed by atoms with E-state index in [0.29, 0.717) is 6.54 Å². The fourth-order valence-electron chi connectivity index (χ4n) is 1.55. The molecule has 0 fully saturated rings. The molecule has 4 heteroatoms. The summed E-state index contributed by atoms with van der Waals surface area (Å²) in [5, 5.41) is 1.80. The first kappa shape index (κ1) is 13.4. The van der Waals surface area contributed by atoms with Gasteiger partial charge in [0, 0.05) is 17.0 Å². The third kappa shape index (κ3) is 4.02. The van der Waals surface area contributed by atoms with Crippen LogP contribution in [-0.4, -0.2) is 11.5 Å². The molecule has 1 aromatic carbocycles. The van der Waals surface area contributed by atoms with E-state index in [1.54, 1.807) is 11.8 Å². The summed E-state index contributed by atoms with van der Waals surface area (Å²) in [5.74, 6) is 0.903. The monoisotopic (exact) mass is 278 g/mol. The highest BCUT2D eigenvalue weighted by molar-refractivity contribution is 7.98. The van der Waals surface area contributed by atoms with Crippen molar-refractivity contribution in [2.75, 3.05) is 6.54 Å². The molecular weight excluding hydrogens is 264 g/mol. The van der Waals surface area contributed by atoms with Crippen molar-refractivity contribution in [2.24, 2.45) is 5.73 Å². The lowest BCUT2D eigenvalue weighted by atomic mass is 10.2. The van der Waals surface area contributed by atoms with Gasteiger partial charge < -0.3 is 5.73 Å². The Bertz CT molecular complexity index is 482. The molecule has 0 bridgehead atoms. The van der Waals surface area contributed by atoms with Crippen LogP contribution in [0.5, 0.6) is 0 Å². The number of thioether (sulfide) groups is 1. The molecule has 0 amide bonds. The third-order valence-corrected chi connectivity index (χ3v) is 3.80. The van der Waals surface area contributed by atoms with Gasteiger partial charge in [-0.15, -0.1) is 11.8 Å². The van der Waals surface area contributed by atoms with Gasteiger partial charge in [-0.2, -0.15) is 0 Å². The van der Waals surface area contributed by atoms with Crippen LogP contribution in [0.25, 0.3) is 0 Å². The molecule has 1 heterocycles. The van der Waals surface area contributed by atoms with E-state index in [1.165, 1.54) is 11.1 Å². The highest BCUT2D eigenvalue weighted by Crippen LogP contribution is 2.21. The van der Waals surface area contributed by atoms with E-state index in [9.17, 15) is 0 Å². The maximum atomic E-state index is 5.85. The van der Waals surface area contributed by atoms with Crippen LogP contribution in [-0.2, 0) is 12.2 Å². The first-order chi connectivity index (χ1) is 8.78. The summed E-state index contributed by atoms with van der Waals surface area (Å²) < 4.78 is 0. The number of benzene rings is 1. The fourth-order valence-corrected chi connectivity index (χ4v) is 2.47. The number of hydrogen-bond donors (Lipinski definition) is 1. The van der Waals surface area contributed by atoms with Crippen molar-refractivity contribution in [1.29, 1.82) is 0 Å². The van der Waals surface area contributed by atoms with Crippen molar-refractivity contribution in [2.45, 2.75) is 17.2 Å². The Balaban J connectivity index is 1.91. The van der Waals surface area contributed by atoms with Crippen LogP contribution in [0, 0.1) is 0 Å². The van der Waals surface area contributed by atoms with Gasteiger partial charge in [0.15, 0.2) is 0 Å². The molecule has 1 aromatic heterocycles. The Morgan fingerprint density at radius 3 is 2.39 bits per heavy atom. The van der Waals surface area contributed by atoms with E-state index < -0.39 is 0 Å². The minimum atomic E-state index is 0.666. The lowest BCUT2D eigenvalue weighted by molar-refractivity contribution is 0.945. The van der Waals surface area contributed by atoms with E-state index in [-0.39, 0.29) is 0 Å². The van der Waals surface area contributed by atoms with E-state index in [2.05, 4.69) is 11.1 Å². The van der Waals surface area contributed by atoms with Crippen molar-refractivity contribution < 1.29 is 0 Å². The summed E-state index contributed by atoms with van der Waals surface area (Å²) in [6, 6.07) is 12.0. The number of nitrogens with two attached hydrogens (primary N) is 1. The molecule has 2 aromatic rings. The zero-order chi connectivity index (χ0) is 12.8. The molecule has 0 aliphatic carbocycles. The van der Waals surface area contributed by atoms with Gasteiger partial charge in [0.1, 0.15) is 0 Å². The van der Waals surface area contributed by atoms with Crippen molar-refractivity contribution in [3.05, 3.63) is 58.7 Å². The minimum absolute atomic E-state index is 0.666. The number of pyridine rings is 1. The Labute approximate surface area is 117 Å². The van der Waals surface area contributed by atoms with Gasteiger partial charge in [-0.3, -0.25) is 0 Å². The van der Waals surface area contributed by atoms with Crippen LogP contribution in [0.2, 0.25) is 5.02 Å². The van der Waals surface area contributed by atoms with E-state index >= 15 is 0 Å². The first-order valence-corrected chi connectivity index (χ1v) is 7.16. The summed E-state index contributed by atoms with van der Waals surface area (Å²) in [6.45, 7) is 0.666. The highest BCUT2D eigenvalue weighted by atomic mass is 35.5. The Morgan fingerprint density at radius 1 is 1.06 bits per heavy atom. The quantitative estimate of drug-likeness (QED) is 0.851. The number of rotatable bonds is 5. The summed E-state index contributed by atoms with van der Waals surface area (Å²) in [5.41, 5.74) is 7.94. The van der Waals surface area contributed by atoms with Crippen LogP contribution in [0.1, 0.15) is 11.1 Å². The van der Waals surface area contributed by atoms with Gasteiger partial charge >= 0.3 is 0 Å². The van der Waals surface area contributed by atoms with Crippen molar-refractivity contribution in [3.63, 3.8) is 0 Å². The maximum Gasteiger partial charge on any atom is 0.0963 e. The molecule has 0 atom stereocenters. The molecule has 0 spiro atoms. The van der Waals surface area contributed by atoms with Crippen LogP contribution in [0.15, 0.2) is 47.6 Å². The van der Waals surface area contributed by atoms with E-state index in [1.807, 2.05) is 36.5 Å². The van der Waals surface area contributed by atoms with Crippen LogP contribution in [0.4, 0.5) is 0 Å². The molecule has 94 valence electrons. The predicted octanol–water partition coefficient (Wildman–Crippen LogP) is 3.53. The summed E-state index contributed by atoms with van der Waals surface area (Å²) in [7, 11) is 0. The second kappa shape index (κ2) is 6.78. The van der Waals surface area contributed by atoms with E-state index in [4.69, 9.17) is 17.3 Å². The molecule has 0 aliphatic rings. The number of halogens is 1. The standard InChI is InChI=1S/C14H15ClN2S/c15-13-4-1-12(2-5-13)10-18-14-6-3-11(7-8-16)9-17-14/h1-6,9H,7-8,10,16H2. The lowest BCUT2D eigenvalue weighted by Gasteiger charge is -2.03. The molecular formula is C14H15ClN2S. The maximum absolute atomic E-state index is 5.85. The third-order valence-electron chi connectivity index (χ3n) is 2.53. The Kier molecular flexibility index (Phi) is 5.05. The lowest BCUT2D eigenvalue weighted by Crippen LogP contribution is -2.02. The molecule has 2 N–H and O–H groups in total. The summed E-state index contributed by atoms with van der Waals surface area (Å²) in [4.78, 5) is 4.41. The molecule has 0 saturated heterocycles. The van der Waals surface area contributed by atoms with Crippen LogP contribution >= 0.6 is 23.4 Å². The molecule has 18 heavy (non-hydrogen) atoms. The van der Waals surface area contributed by atoms with Gasteiger partial charge in [0.2, 0.25) is 0 Å². The zero-order valence-corrected chi connectivity index (χ0v) is 11.5. The molecule has 0 aliphatic heterocycles. The fraction of sp³-hybridized carbons (Fsp3) is 0.214. The smallest absolute Gasteiger partial charge is 0.0963 e. The van der Waals surface area contributed by atoms with Crippen LogP contribution in [0.3, 0.4) is 0 Å². The summed E-state index contributed by atoms with van der Waals surface area (Å²) >= 11 is 7.57. The highest BCUT2D eigenvalue weighted by Gasteiger charge is 1.99. The second-order valence-electron chi connectivity index (χ2n) is 3.96. The Morgan fingerprint density at radius 2 is 1.78 bits per heavy atom. The minimum Gasteiger partial charge on any atom is -0.330 e. The Hall–Kier alpha value is -1.03. The van der Waals surface area contributed by atoms with Crippen molar-refractivity contribution in [3.8, 4) is 0 Å². The number of hydrogen-bond acceptors (Lipinski definition) is 3. The molecule has 0 unspecified atom stereocenters. The topological polar surface area (TPSA) is 38.9 Å². The molecule has 2 rings (SSSR count). The van der Waals surface area contributed by atoms with Gasteiger partial charge in [-0.25, -0.2) is 4.98 Å². The first-order valence-electron chi connectivity index (χ1n) is 5.80. The molecule has 2 nitrogen and oxygen atoms in total. The van der Waals surface area contributed by atoms with Crippen molar-refractivity contribution in [1.82, 2.24) is 4.98 Å². The van der Waals surface area contributed by atoms with E-state index in [0.717, 1.165) is 22.2 Å². The zero-order valence-electron chi connectivity index (χ0n) is 9.97. The molecule has 0 radical (unpaired) electrons. The SMILES string of the molecule is NCCc1ccc(SCc2ccc(Cl)cc2)nc1. The largest absolute Gasteiger partial charge is 0.330 e. The molecule has 0 saturated carbocycles. The average molecular weight is 279 g/mol. The van der Waals surface area contributed by atoms with Gasteiger partial charge in [0.05, 0.1) is 5.03 Å². The van der Waals surface area contributed by atoms with Gasteiger partial charge in [-0.1, -0.05) is 29.8 Å².